The standard InChI is InChI=1S/C24H40N6O/c1-17(2)30(18-9-5-4-6-10-18)22(31)16-29-14-8-7-11-21(29)24-27-20-15-26-13-12-19(20)23(25-3)28-24/h17-18,21,26H,4-16H2,1-3H3,(H,25,27,28). The molecular formula is C24H40N6O. The molecule has 1 aromatic heterocycles. The molecule has 7 nitrogen and oxygen atoms in total. The topological polar surface area (TPSA) is 73.4 Å². The van der Waals surface area contributed by atoms with Gasteiger partial charge in [0.1, 0.15) is 11.6 Å². The number of rotatable bonds is 6. The summed E-state index contributed by atoms with van der Waals surface area (Å²) < 4.78 is 0. The highest BCUT2D eigenvalue weighted by Crippen LogP contribution is 2.32. The molecule has 2 aliphatic heterocycles. The smallest absolute Gasteiger partial charge is 0.237 e. The van der Waals surface area contributed by atoms with Crippen molar-refractivity contribution in [2.24, 2.45) is 0 Å². The van der Waals surface area contributed by atoms with Gasteiger partial charge in [0.05, 0.1) is 18.3 Å². The molecule has 2 N–H and O–H groups in total. The number of hydrogen-bond acceptors (Lipinski definition) is 6. The van der Waals surface area contributed by atoms with Gasteiger partial charge in [-0.15, -0.1) is 0 Å². The van der Waals surface area contributed by atoms with Crippen LogP contribution in [0.2, 0.25) is 0 Å². The Morgan fingerprint density at radius 1 is 1.16 bits per heavy atom. The lowest BCUT2D eigenvalue weighted by atomic mass is 9.93. The number of amides is 1. The van der Waals surface area contributed by atoms with E-state index in [1.165, 1.54) is 31.2 Å². The van der Waals surface area contributed by atoms with Crippen LogP contribution in [-0.4, -0.2) is 64.4 Å². The molecule has 172 valence electrons. The first-order valence-electron chi connectivity index (χ1n) is 12.4. The minimum atomic E-state index is 0.123. The highest BCUT2D eigenvalue weighted by atomic mass is 16.2. The molecule has 1 amide bonds. The van der Waals surface area contributed by atoms with Crippen molar-refractivity contribution in [1.82, 2.24) is 25.1 Å². The molecule has 2 fully saturated rings. The number of carbonyl (C=O) groups is 1. The Balaban J connectivity index is 1.54. The van der Waals surface area contributed by atoms with Gasteiger partial charge in [-0.3, -0.25) is 9.69 Å². The lowest BCUT2D eigenvalue weighted by molar-refractivity contribution is -0.138. The second-order valence-corrected chi connectivity index (χ2v) is 9.70. The van der Waals surface area contributed by atoms with Crippen molar-refractivity contribution in [2.75, 3.05) is 32.0 Å². The minimum absolute atomic E-state index is 0.123. The van der Waals surface area contributed by atoms with Crippen molar-refractivity contribution < 1.29 is 4.79 Å². The molecule has 1 saturated heterocycles. The second-order valence-electron chi connectivity index (χ2n) is 9.70. The number of aromatic nitrogens is 2. The third kappa shape index (κ3) is 5.03. The number of fused-ring (bicyclic) bond motifs is 1. The van der Waals surface area contributed by atoms with Gasteiger partial charge in [0, 0.05) is 31.2 Å². The number of carbonyl (C=O) groups excluding carboxylic acids is 1. The number of piperidine rings is 1. The van der Waals surface area contributed by atoms with Crippen molar-refractivity contribution in [1.29, 1.82) is 0 Å². The van der Waals surface area contributed by atoms with Gasteiger partial charge in [-0.1, -0.05) is 25.7 Å². The van der Waals surface area contributed by atoms with Crippen LogP contribution in [0.5, 0.6) is 0 Å². The summed E-state index contributed by atoms with van der Waals surface area (Å²) in [6.07, 6.45) is 10.4. The molecule has 3 aliphatic rings. The van der Waals surface area contributed by atoms with Crippen LogP contribution in [0.15, 0.2) is 0 Å². The van der Waals surface area contributed by atoms with E-state index in [4.69, 9.17) is 9.97 Å². The molecule has 3 heterocycles. The molecule has 0 spiro atoms. The molecular weight excluding hydrogens is 388 g/mol. The van der Waals surface area contributed by atoms with Crippen molar-refractivity contribution in [3.63, 3.8) is 0 Å². The lowest BCUT2D eigenvalue weighted by Crippen LogP contribution is -2.51. The SMILES string of the molecule is CNc1nc(C2CCCCN2CC(=O)N(C(C)C)C2CCCCC2)nc2c1CCNC2. The molecule has 0 radical (unpaired) electrons. The lowest BCUT2D eigenvalue weighted by Gasteiger charge is -2.40. The third-order valence-corrected chi connectivity index (χ3v) is 7.25. The van der Waals surface area contributed by atoms with E-state index in [9.17, 15) is 4.79 Å². The van der Waals surface area contributed by atoms with Crippen LogP contribution < -0.4 is 10.6 Å². The molecule has 0 bridgehead atoms. The zero-order valence-electron chi connectivity index (χ0n) is 19.6. The van der Waals surface area contributed by atoms with E-state index in [1.54, 1.807) is 0 Å². The zero-order chi connectivity index (χ0) is 21.8. The van der Waals surface area contributed by atoms with E-state index in [-0.39, 0.29) is 18.0 Å². The second kappa shape index (κ2) is 10.3. The Hall–Kier alpha value is -1.73. The van der Waals surface area contributed by atoms with Crippen molar-refractivity contribution in [2.45, 2.75) is 96.3 Å². The van der Waals surface area contributed by atoms with Gasteiger partial charge in [0.2, 0.25) is 5.91 Å². The number of anilines is 1. The van der Waals surface area contributed by atoms with Crippen LogP contribution in [0.3, 0.4) is 0 Å². The Labute approximate surface area is 187 Å². The van der Waals surface area contributed by atoms with Gasteiger partial charge in [-0.2, -0.15) is 0 Å². The first-order chi connectivity index (χ1) is 15.1. The van der Waals surface area contributed by atoms with Gasteiger partial charge in [0.15, 0.2) is 0 Å². The molecule has 1 aromatic rings. The fraction of sp³-hybridized carbons (Fsp3) is 0.792. The van der Waals surface area contributed by atoms with E-state index in [0.717, 1.165) is 69.1 Å². The quantitative estimate of drug-likeness (QED) is 0.725. The Bertz CT molecular complexity index is 743. The summed E-state index contributed by atoms with van der Waals surface area (Å²) >= 11 is 0. The molecule has 0 aromatic carbocycles. The fourth-order valence-corrected chi connectivity index (χ4v) is 5.73. The van der Waals surface area contributed by atoms with E-state index in [1.807, 2.05) is 7.05 Å². The number of nitrogens with zero attached hydrogens (tertiary/aromatic N) is 4. The maximum absolute atomic E-state index is 13.5. The van der Waals surface area contributed by atoms with Crippen LogP contribution in [0.25, 0.3) is 0 Å². The molecule has 7 heteroatoms. The van der Waals surface area contributed by atoms with Gasteiger partial charge >= 0.3 is 0 Å². The molecule has 4 rings (SSSR count). The normalized spacial score (nSPS) is 22.9. The summed E-state index contributed by atoms with van der Waals surface area (Å²) in [6.45, 7) is 7.53. The Morgan fingerprint density at radius 2 is 1.94 bits per heavy atom. The van der Waals surface area contributed by atoms with Gasteiger partial charge in [-0.05, 0) is 59.0 Å². The zero-order valence-corrected chi connectivity index (χ0v) is 19.6. The van der Waals surface area contributed by atoms with Gasteiger partial charge in [0.25, 0.3) is 0 Å². The van der Waals surface area contributed by atoms with E-state index < -0.39 is 0 Å². The molecule has 1 unspecified atom stereocenters. The van der Waals surface area contributed by atoms with Crippen LogP contribution >= 0.6 is 0 Å². The summed E-state index contributed by atoms with van der Waals surface area (Å²) in [5.41, 5.74) is 2.36. The summed E-state index contributed by atoms with van der Waals surface area (Å²) in [5, 5.41) is 6.73. The van der Waals surface area contributed by atoms with Crippen molar-refractivity contribution >= 4 is 11.7 Å². The maximum atomic E-state index is 13.5. The number of nitrogens with one attached hydrogen (secondary N) is 2. The van der Waals surface area contributed by atoms with Crippen LogP contribution in [0.1, 0.15) is 88.3 Å². The monoisotopic (exact) mass is 428 g/mol. The predicted molar refractivity (Wildman–Crippen MR) is 124 cm³/mol. The average Bonchev–Trinajstić information content (AvgIpc) is 2.79. The first kappa shape index (κ1) is 22.5. The van der Waals surface area contributed by atoms with Crippen molar-refractivity contribution in [3.05, 3.63) is 17.1 Å². The predicted octanol–water partition coefficient (Wildman–Crippen LogP) is 3.26. The Morgan fingerprint density at radius 3 is 2.68 bits per heavy atom. The van der Waals surface area contributed by atoms with Gasteiger partial charge < -0.3 is 15.5 Å². The van der Waals surface area contributed by atoms with Crippen LogP contribution in [-0.2, 0) is 17.8 Å². The van der Waals surface area contributed by atoms with E-state index >= 15 is 0 Å². The van der Waals surface area contributed by atoms with E-state index in [0.29, 0.717) is 12.6 Å². The fourth-order valence-electron chi connectivity index (χ4n) is 5.73. The first-order valence-corrected chi connectivity index (χ1v) is 12.4. The maximum Gasteiger partial charge on any atom is 0.237 e. The molecule has 1 saturated carbocycles. The highest BCUT2D eigenvalue weighted by molar-refractivity contribution is 5.79. The third-order valence-electron chi connectivity index (χ3n) is 7.25. The summed E-state index contributed by atoms with van der Waals surface area (Å²) in [6, 6.07) is 0.782. The number of likely N-dealkylation sites (tertiary alicyclic amines) is 1. The molecule has 1 aliphatic carbocycles. The summed E-state index contributed by atoms with van der Waals surface area (Å²) in [5.74, 6) is 2.12. The van der Waals surface area contributed by atoms with Crippen LogP contribution in [0.4, 0.5) is 5.82 Å². The summed E-state index contributed by atoms with van der Waals surface area (Å²) in [7, 11) is 1.95. The van der Waals surface area contributed by atoms with Gasteiger partial charge in [-0.25, -0.2) is 9.97 Å². The number of hydrogen-bond donors (Lipinski definition) is 2. The van der Waals surface area contributed by atoms with Crippen LogP contribution in [0, 0.1) is 0 Å². The van der Waals surface area contributed by atoms with Crippen molar-refractivity contribution in [3.8, 4) is 0 Å². The molecule has 31 heavy (non-hydrogen) atoms. The van der Waals surface area contributed by atoms with E-state index in [2.05, 4.69) is 34.3 Å². The molecule has 1 atom stereocenters. The minimum Gasteiger partial charge on any atom is -0.373 e. The average molecular weight is 429 g/mol. The summed E-state index contributed by atoms with van der Waals surface area (Å²) in [4.78, 5) is 28.0. The Kier molecular flexibility index (Phi) is 7.43. The largest absolute Gasteiger partial charge is 0.373 e. The highest BCUT2D eigenvalue weighted by Gasteiger charge is 2.33.